The summed E-state index contributed by atoms with van der Waals surface area (Å²) in [6.07, 6.45) is 6.45. The Morgan fingerprint density at radius 3 is 2.22 bits per heavy atom. The van der Waals surface area contributed by atoms with Gasteiger partial charge in [-0.15, -0.1) is 0 Å². The molecule has 0 N–H and O–H groups in total. The van der Waals surface area contributed by atoms with Crippen LogP contribution in [-0.4, -0.2) is 62.2 Å². The molecule has 2 heterocycles. The number of carbonyl (C=O) groups excluding carboxylic acids is 1. The van der Waals surface area contributed by atoms with Gasteiger partial charge in [-0.25, -0.2) is 9.18 Å². The van der Waals surface area contributed by atoms with Crippen LogP contribution in [0.2, 0.25) is 5.02 Å². The molecule has 46 heavy (non-hydrogen) atoms. The molecule has 1 unspecified atom stereocenters. The molecule has 10 heteroatoms. The second-order valence-corrected chi connectivity index (χ2v) is 14.2. The highest BCUT2D eigenvalue weighted by Crippen LogP contribution is 2.41. The van der Waals surface area contributed by atoms with Crippen molar-refractivity contribution in [3.8, 4) is 5.75 Å². The highest BCUT2D eigenvalue weighted by molar-refractivity contribution is 6.66. The number of methoxy groups -OCH3 is 1. The van der Waals surface area contributed by atoms with Gasteiger partial charge >= 0.3 is 13.2 Å². The molecule has 3 aliphatic rings. The second kappa shape index (κ2) is 15.4. The van der Waals surface area contributed by atoms with Crippen LogP contribution in [0.1, 0.15) is 79.4 Å². The molecule has 5 rings (SSSR count). The van der Waals surface area contributed by atoms with Crippen LogP contribution in [-0.2, 0) is 31.8 Å². The van der Waals surface area contributed by atoms with Gasteiger partial charge in [0.15, 0.2) is 0 Å². The lowest BCUT2D eigenvalue weighted by Crippen LogP contribution is -2.41. The third kappa shape index (κ3) is 9.37. The summed E-state index contributed by atoms with van der Waals surface area (Å²) in [5, 5.41) is 0.0585. The SMILES string of the molecule is CCC1=C(C2Cc3c(cc(F)c(Cl)c3B3OC(C)(C)C(C)(C)O3)O2)C=CC1.CN(C)C(=O)OC(C)(C)C.COCc1ccccc1. The van der Waals surface area contributed by atoms with Crippen molar-refractivity contribution >= 4 is 30.3 Å². The summed E-state index contributed by atoms with van der Waals surface area (Å²) in [6, 6.07) is 11.5. The summed E-state index contributed by atoms with van der Waals surface area (Å²) in [4.78, 5) is 12.3. The molecule has 1 fully saturated rings. The predicted molar refractivity (Wildman–Crippen MR) is 183 cm³/mol. The Morgan fingerprint density at radius 1 is 1.11 bits per heavy atom. The number of hydrogen-bond acceptors (Lipinski definition) is 6. The molecular formula is C36H50BClFNO6. The number of nitrogens with zero attached hydrogens (tertiary/aromatic N) is 1. The standard InChI is InChI=1S/C21H25BClFO3.C8H10O.C7H15NO2/c1-6-12-8-7-9-13(12)16-10-14-17(25-16)11-15(24)19(23)18(14)22-26-20(2,3)21(4,5)27-22;1-9-7-8-5-3-2-4-6-8;1-7(2,3)10-6(9)8(4)5/h7,9,11,16H,6,8,10H2,1-5H3;2-6H,7H2,1H3;1-5H3. The zero-order valence-electron chi connectivity index (χ0n) is 29.3. The number of rotatable bonds is 5. The van der Waals surface area contributed by atoms with E-state index in [-0.39, 0.29) is 22.8 Å². The Hall–Kier alpha value is -2.85. The quantitative estimate of drug-likeness (QED) is 0.303. The molecule has 1 saturated heterocycles. The van der Waals surface area contributed by atoms with Crippen LogP contribution >= 0.6 is 11.6 Å². The molecule has 252 valence electrons. The van der Waals surface area contributed by atoms with Crippen molar-refractivity contribution in [2.24, 2.45) is 0 Å². The lowest BCUT2D eigenvalue weighted by Gasteiger charge is -2.32. The molecule has 0 spiro atoms. The Labute approximate surface area is 280 Å². The zero-order chi connectivity index (χ0) is 34.4. The van der Waals surface area contributed by atoms with E-state index < -0.39 is 24.1 Å². The van der Waals surface area contributed by atoms with E-state index in [2.05, 4.69) is 19.1 Å². The summed E-state index contributed by atoms with van der Waals surface area (Å²) >= 11 is 6.39. The number of amides is 1. The number of hydrogen-bond donors (Lipinski definition) is 0. The van der Waals surface area contributed by atoms with Crippen molar-refractivity contribution < 1.29 is 32.7 Å². The number of halogens is 2. The number of allylic oxidation sites excluding steroid dienone is 2. The summed E-state index contributed by atoms with van der Waals surface area (Å²) in [5.41, 5.74) is 3.81. The number of carbonyl (C=O) groups is 1. The highest BCUT2D eigenvalue weighted by Gasteiger charge is 2.54. The molecular weight excluding hydrogens is 608 g/mol. The predicted octanol–water partition coefficient (Wildman–Crippen LogP) is 8.06. The van der Waals surface area contributed by atoms with Gasteiger partial charge in [0.05, 0.1) is 22.8 Å². The molecule has 7 nitrogen and oxygen atoms in total. The Kier molecular flexibility index (Phi) is 12.6. The molecule has 2 aromatic carbocycles. The Bertz CT molecular complexity index is 1400. The van der Waals surface area contributed by atoms with Crippen molar-refractivity contribution in [1.82, 2.24) is 4.90 Å². The summed E-state index contributed by atoms with van der Waals surface area (Å²) in [6.45, 7) is 16.3. The van der Waals surface area contributed by atoms with Crippen LogP contribution in [0.25, 0.3) is 0 Å². The largest absolute Gasteiger partial charge is 0.496 e. The van der Waals surface area contributed by atoms with Crippen molar-refractivity contribution in [2.75, 3.05) is 21.2 Å². The van der Waals surface area contributed by atoms with E-state index in [4.69, 9.17) is 35.1 Å². The average Bonchev–Trinajstić information content (AvgIpc) is 3.65. The van der Waals surface area contributed by atoms with Gasteiger partial charge in [0.2, 0.25) is 0 Å². The van der Waals surface area contributed by atoms with Crippen LogP contribution < -0.4 is 10.2 Å². The van der Waals surface area contributed by atoms with E-state index in [1.165, 1.54) is 27.7 Å². The zero-order valence-corrected chi connectivity index (χ0v) is 30.0. The summed E-state index contributed by atoms with van der Waals surface area (Å²) in [5.74, 6) is 0.0299. The Balaban J connectivity index is 0.000000249. The van der Waals surface area contributed by atoms with Crippen LogP contribution in [0.3, 0.4) is 0 Å². The van der Waals surface area contributed by atoms with Crippen molar-refractivity contribution in [1.29, 1.82) is 0 Å². The maximum Gasteiger partial charge on any atom is 0.496 e. The average molecular weight is 658 g/mol. The van der Waals surface area contributed by atoms with E-state index in [1.807, 2.05) is 78.8 Å². The lowest BCUT2D eigenvalue weighted by atomic mass is 9.74. The third-order valence-corrected chi connectivity index (χ3v) is 8.61. The number of fused-ring (bicyclic) bond motifs is 1. The monoisotopic (exact) mass is 657 g/mol. The number of ether oxygens (including phenoxy) is 3. The van der Waals surface area contributed by atoms with Crippen molar-refractivity contribution in [3.63, 3.8) is 0 Å². The van der Waals surface area contributed by atoms with E-state index >= 15 is 0 Å². The van der Waals surface area contributed by atoms with Crippen LogP contribution in [0.15, 0.2) is 59.7 Å². The van der Waals surface area contributed by atoms with Crippen LogP contribution in [0, 0.1) is 5.82 Å². The van der Waals surface area contributed by atoms with E-state index in [0.29, 0.717) is 24.2 Å². The minimum absolute atomic E-state index is 0.0585. The van der Waals surface area contributed by atoms with E-state index in [9.17, 15) is 9.18 Å². The van der Waals surface area contributed by atoms with Gasteiger partial charge in [-0.3, -0.25) is 0 Å². The summed E-state index contributed by atoms with van der Waals surface area (Å²) < 4.78 is 42.9. The molecule has 1 aliphatic carbocycles. The van der Waals surface area contributed by atoms with Crippen LogP contribution in [0.5, 0.6) is 5.75 Å². The topological polar surface area (TPSA) is 66.5 Å². The fraction of sp³-hybridized carbons (Fsp3) is 0.528. The first-order valence-corrected chi connectivity index (χ1v) is 16.1. The van der Waals surface area contributed by atoms with Crippen molar-refractivity contribution in [3.05, 3.63) is 81.7 Å². The van der Waals surface area contributed by atoms with Gasteiger partial charge < -0.3 is 28.4 Å². The first-order chi connectivity index (χ1) is 21.4. The van der Waals surface area contributed by atoms with Crippen molar-refractivity contribution in [2.45, 2.75) is 104 Å². The molecule has 2 aliphatic heterocycles. The lowest BCUT2D eigenvalue weighted by molar-refractivity contribution is 0.00578. The summed E-state index contributed by atoms with van der Waals surface area (Å²) in [7, 11) is 4.31. The molecule has 0 bridgehead atoms. The molecule has 0 aromatic heterocycles. The fourth-order valence-corrected chi connectivity index (χ4v) is 5.33. The molecule has 1 amide bonds. The van der Waals surface area contributed by atoms with Gasteiger partial charge in [-0.1, -0.05) is 66.6 Å². The minimum Gasteiger partial charge on any atom is -0.485 e. The van der Waals surface area contributed by atoms with Gasteiger partial charge in [-0.05, 0) is 78.0 Å². The maximum absolute atomic E-state index is 14.6. The van der Waals surface area contributed by atoms with E-state index in [1.54, 1.807) is 21.2 Å². The smallest absolute Gasteiger partial charge is 0.485 e. The molecule has 1 atom stereocenters. The first-order valence-electron chi connectivity index (χ1n) is 15.7. The third-order valence-electron chi connectivity index (χ3n) is 8.23. The maximum atomic E-state index is 14.6. The molecule has 0 saturated carbocycles. The number of benzene rings is 2. The Morgan fingerprint density at radius 2 is 1.72 bits per heavy atom. The van der Waals surface area contributed by atoms with E-state index in [0.717, 1.165) is 18.4 Å². The fourth-order valence-electron chi connectivity index (χ4n) is 5.08. The highest BCUT2D eigenvalue weighted by atomic mass is 35.5. The van der Waals surface area contributed by atoms with Gasteiger partial charge in [0.25, 0.3) is 0 Å². The van der Waals surface area contributed by atoms with Crippen LogP contribution in [0.4, 0.5) is 9.18 Å². The van der Waals surface area contributed by atoms with Gasteiger partial charge in [0.1, 0.15) is 23.3 Å². The molecule has 2 aromatic rings. The second-order valence-electron chi connectivity index (χ2n) is 13.8. The van der Waals surface area contributed by atoms with Gasteiger partial charge in [-0.2, -0.15) is 0 Å². The first kappa shape index (κ1) is 37.6. The minimum atomic E-state index is -0.715. The molecule has 0 radical (unpaired) electrons. The normalized spacial score (nSPS) is 19.1. The van der Waals surface area contributed by atoms with Gasteiger partial charge in [0, 0.05) is 39.2 Å².